The fourth-order valence-corrected chi connectivity index (χ4v) is 2.90. The minimum atomic E-state index is -4.53. The summed E-state index contributed by atoms with van der Waals surface area (Å²) in [4.78, 5) is 25.6. The number of para-hydroxylation sites is 1. The van der Waals surface area contributed by atoms with Gasteiger partial charge in [-0.05, 0) is 30.9 Å². The highest BCUT2D eigenvalue weighted by Crippen LogP contribution is 2.34. The molecule has 1 saturated heterocycles. The number of hydrogen-bond donors (Lipinski definition) is 2. The highest BCUT2D eigenvalue weighted by atomic mass is 19.4. The van der Waals surface area contributed by atoms with Crippen LogP contribution in [0.25, 0.3) is 0 Å². The number of anilines is 1. The Labute approximate surface area is 150 Å². The van der Waals surface area contributed by atoms with Gasteiger partial charge in [0.25, 0.3) is 0 Å². The summed E-state index contributed by atoms with van der Waals surface area (Å²) in [5.41, 5.74) is -1.12. The molecule has 144 valence electrons. The predicted molar refractivity (Wildman–Crippen MR) is 92.6 cm³/mol. The van der Waals surface area contributed by atoms with Crippen LogP contribution in [0.5, 0.6) is 0 Å². The van der Waals surface area contributed by atoms with E-state index in [2.05, 4.69) is 10.6 Å². The zero-order valence-electron chi connectivity index (χ0n) is 14.9. The van der Waals surface area contributed by atoms with E-state index >= 15 is 0 Å². The molecule has 0 radical (unpaired) electrons. The average molecular weight is 371 g/mol. The van der Waals surface area contributed by atoms with Crippen molar-refractivity contribution >= 4 is 17.6 Å². The van der Waals surface area contributed by atoms with E-state index in [1.807, 2.05) is 0 Å². The smallest absolute Gasteiger partial charge is 0.356 e. The highest BCUT2D eigenvalue weighted by molar-refractivity contribution is 5.90. The first-order valence-electron chi connectivity index (χ1n) is 8.68. The lowest BCUT2D eigenvalue weighted by Gasteiger charge is -2.33. The largest absolute Gasteiger partial charge is 0.418 e. The third-order valence-electron chi connectivity index (χ3n) is 4.37. The lowest BCUT2D eigenvalue weighted by atomic mass is 9.98. The van der Waals surface area contributed by atoms with Crippen molar-refractivity contribution in [1.82, 2.24) is 10.2 Å². The first-order valence-corrected chi connectivity index (χ1v) is 8.68. The minimum Gasteiger partial charge on any atom is -0.356 e. The summed E-state index contributed by atoms with van der Waals surface area (Å²) in [6.07, 6.45) is -2.92. The Morgan fingerprint density at radius 3 is 2.62 bits per heavy atom. The van der Waals surface area contributed by atoms with Gasteiger partial charge in [0.2, 0.25) is 5.91 Å². The van der Waals surface area contributed by atoms with Crippen LogP contribution in [0, 0.1) is 11.8 Å². The monoisotopic (exact) mass is 371 g/mol. The Bertz CT molecular complexity index is 647. The maximum atomic E-state index is 13.0. The van der Waals surface area contributed by atoms with Crippen molar-refractivity contribution in [3.05, 3.63) is 29.8 Å². The van der Waals surface area contributed by atoms with Crippen LogP contribution in [0.3, 0.4) is 0 Å². The average Bonchev–Trinajstić information content (AvgIpc) is 2.59. The summed E-state index contributed by atoms with van der Waals surface area (Å²) in [7, 11) is 0. The first kappa shape index (κ1) is 20.1. The van der Waals surface area contributed by atoms with Gasteiger partial charge in [0.15, 0.2) is 0 Å². The maximum Gasteiger partial charge on any atom is 0.418 e. The third-order valence-corrected chi connectivity index (χ3v) is 4.37. The van der Waals surface area contributed by atoms with E-state index in [-0.39, 0.29) is 23.4 Å². The Morgan fingerprint density at radius 2 is 1.96 bits per heavy atom. The summed E-state index contributed by atoms with van der Waals surface area (Å²) in [6.45, 7) is 4.94. The number of nitrogens with zero attached hydrogens (tertiary/aromatic N) is 1. The van der Waals surface area contributed by atoms with E-state index < -0.39 is 17.8 Å². The number of halogens is 3. The van der Waals surface area contributed by atoms with Gasteiger partial charge in [-0.3, -0.25) is 4.79 Å². The number of amides is 3. The van der Waals surface area contributed by atoms with Gasteiger partial charge in [0, 0.05) is 25.6 Å². The van der Waals surface area contributed by atoms with Gasteiger partial charge in [-0.25, -0.2) is 4.79 Å². The minimum absolute atomic E-state index is 0.0503. The Kier molecular flexibility index (Phi) is 6.50. The Morgan fingerprint density at radius 1 is 1.27 bits per heavy atom. The quantitative estimate of drug-likeness (QED) is 0.847. The number of rotatable bonds is 4. The zero-order chi connectivity index (χ0) is 19.3. The molecule has 1 atom stereocenters. The van der Waals surface area contributed by atoms with E-state index in [1.165, 1.54) is 23.1 Å². The van der Waals surface area contributed by atoms with Crippen LogP contribution in [0.15, 0.2) is 24.3 Å². The van der Waals surface area contributed by atoms with Gasteiger partial charge in [-0.1, -0.05) is 26.0 Å². The van der Waals surface area contributed by atoms with Gasteiger partial charge in [0.05, 0.1) is 11.3 Å². The summed E-state index contributed by atoms with van der Waals surface area (Å²) in [6, 6.07) is 4.36. The molecule has 1 aromatic rings. The van der Waals surface area contributed by atoms with Crippen LogP contribution >= 0.6 is 0 Å². The zero-order valence-corrected chi connectivity index (χ0v) is 14.9. The van der Waals surface area contributed by atoms with Crippen molar-refractivity contribution in [3.8, 4) is 0 Å². The van der Waals surface area contributed by atoms with E-state index in [1.54, 1.807) is 13.8 Å². The number of carbonyl (C=O) groups is 2. The second kappa shape index (κ2) is 8.42. The van der Waals surface area contributed by atoms with Crippen molar-refractivity contribution in [3.63, 3.8) is 0 Å². The molecule has 1 aromatic carbocycles. The van der Waals surface area contributed by atoms with Crippen molar-refractivity contribution < 1.29 is 22.8 Å². The summed E-state index contributed by atoms with van der Waals surface area (Å²) < 4.78 is 39.1. The maximum absolute atomic E-state index is 13.0. The van der Waals surface area contributed by atoms with Gasteiger partial charge >= 0.3 is 12.2 Å². The van der Waals surface area contributed by atoms with Crippen LogP contribution in [0.1, 0.15) is 32.3 Å². The predicted octanol–water partition coefficient (Wildman–Crippen LogP) is 3.72. The second-order valence-corrected chi connectivity index (χ2v) is 6.83. The Balaban J connectivity index is 1.97. The lowest BCUT2D eigenvalue weighted by Crippen LogP contribution is -2.45. The van der Waals surface area contributed by atoms with Crippen LogP contribution in [-0.2, 0) is 11.0 Å². The molecule has 26 heavy (non-hydrogen) atoms. The van der Waals surface area contributed by atoms with Crippen molar-refractivity contribution in [1.29, 1.82) is 0 Å². The second-order valence-electron chi connectivity index (χ2n) is 6.83. The molecule has 0 aromatic heterocycles. The molecule has 0 spiro atoms. The number of alkyl halides is 3. The number of piperidine rings is 1. The molecule has 1 fully saturated rings. The SMILES string of the molecule is CC(C)C(=O)NCC1CCCN(C(=O)Nc2ccccc2C(F)(F)F)C1. The molecule has 1 heterocycles. The van der Waals surface area contributed by atoms with Crippen LogP contribution in [0.4, 0.5) is 23.7 Å². The molecule has 1 unspecified atom stereocenters. The van der Waals surface area contributed by atoms with Crippen LogP contribution in [0.2, 0.25) is 0 Å². The van der Waals surface area contributed by atoms with Crippen molar-refractivity contribution in [2.75, 3.05) is 25.0 Å². The molecule has 1 aliphatic heterocycles. The molecule has 2 rings (SSSR count). The Hall–Kier alpha value is -2.25. The van der Waals surface area contributed by atoms with Crippen LogP contribution < -0.4 is 10.6 Å². The van der Waals surface area contributed by atoms with Gasteiger partial charge in [-0.15, -0.1) is 0 Å². The molecule has 1 aliphatic rings. The molecule has 0 saturated carbocycles. The topological polar surface area (TPSA) is 61.4 Å². The number of carbonyl (C=O) groups excluding carboxylic acids is 2. The third kappa shape index (κ3) is 5.37. The molecule has 0 aliphatic carbocycles. The fraction of sp³-hybridized carbons (Fsp3) is 0.556. The normalized spacial score (nSPS) is 17.9. The fourth-order valence-electron chi connectivity index (χ4n) is 2.90. The number of nitrogens with one attached hydrogen (secondary N) is 2. The van der Waals surface area contributed by atoms with Crippen molar-refractivity contribution in [2.45, 2.75) is 32.9 Å². The molecular formula is C18H24F3N3O2. The van der Waals surface area contributed by atoms with E-state index in [4.69, 9.17) is 0 Å². The van der Waals surface area contributed by atoms with Crippen molar-refractivity contribution in [2.24, 2.45) is 11.8 Å². The van der Waals surface area contributed by atoms with E-state index in [0.29, 0.717) is 19.6 Å². The number of urea groups is 1. The van der Waals surface area contributed by atoms with Gasteiger partial charge < -0.3 is 15.5 Å². The van der Waals surface area contributed by atoms with Gasteiger partial charge in [0.1, 0.15) is 0 Å². The molecule has 3 amide bonds. The van der Waals surface area contributed by atoms with Gasteiger partial charge in [-0.2, -0.15) is 13.2 Å². The standard InChI is InChI=1S/C18H24F3N3O2/c1-12(2)16(25)22-10-13-6-5-9-24(11-13)17(26)23-15-8-4-3-7-14(15)18(19,20)21/h3-4,7-8,12-13H,5-6,9-11H2,1-2H3,(H,22,25)(H,23,26). The van der Waals surface area contributed by atoms with E-state index in [0.717, 1.165) is 18.9 Å². The number of likely N-dealkylation sites (tertiary alicyclic amines) is 1. The molecule has 8 heteroatoms. The molecule has 5 nitrogen and oxygen atoms in total. The van der Waals surface area contributed by atoms with E-state index in [9.17, 15) is 22.8 Å². The highest BCUT2D eigenvalue weighted by Gasteiger charge is 2.34. The lowest BCUT2D eigenvalue weighted by molar-refractivity contribution is -0.137. The number of benzene rings is 1. The summed E-state index contributed by atoms with van der Waals surface area (Å²) in [5.74, 6) is -0.0717. The summed E-state index contributed by atoms with van der Waals surface area (Å²) in [5, 5.41) is 5.21. The van der Waals surface area contributed by atoms with Crippen LogP contribution in [-0.4, -0.2) is 36.5 Å². The molecule has 0 bridgehead atoms. The first-order chi connectivity index (χ1) is 12.2. The number of hydrogen-bond acceptors (Lipinski definition) is 2. The summed E-state index contributed by atoms with van der Waals surface area (Å²) >= 11 is 0. The molecule has 2 N–H and O–H groups in total. The molecular weight excluding hydrogens is 347 g/mol.